The quantitative estimate of drug-likeness (QED) is 0.475. The van der Waals surface area contributed by atoms with E-state index in [4.69, 9.17) is 10.2 Å². The molecule has 5 rings (SSSR count). The van der Waals surface area contributed by atoms with E-state index in [9.17, 15) is 9.59 Å². The molecule has 3 heterocycles. The predicted molar refractivity (Wildman–Crippen MR) is 122 cm³/mol. The zero-order valence-corrected chi connectivity index (χ0v) is 18.3. The van der Waals surface area contributed by atoms with Gasteiger partial charge in [0.2, 0.25) is 11.7 Å². The van der Waals surface area contributed by atoms with Gasteiger partial charge in [0.25, 0.3) is 5.91 Å². The minimum Gasteiger partial charge on any atom is -0.467 e. The van der Waals surface area contributed by atoms with Crippen LogP contribution >= 0.6 is 0 Å². The van der Waals surface area contributed by atoms with Crippen LogP contribution in [0.15, 0.2) is 76.4 Å². The molecule has 2 aromatic carbocycles. The molecule has 4 aromatic rings. The summed E-state index contributed by atoms with van der Waals surface area (Å²) in [6.45, 7) is 1.88. The molecule has 10 nitrogen and oxygen atoms in total. The van der Waals surface area contributed by atoms with Crippen LogP contribution in [-0.2, 0) is 11.3 Å². The number of primary amides is 1. The van der Waals surface area contributed by atoms with E-state index in [1.807, 2.05) is 37.3 Å². The fourth-order valence-corrected chi connectivity index (χ4v) is 3.77. The van der Waals surface area contributed by atoms with Crippen LogP contribution in [0.5, 0.6) is 0 Å². The minimum atomic E-state index is -0.518. The van der Waals surface area contributed by atoms with Crippen molar-refractivity contribution in [2.45, 2.75) is 25.9 Å². The number of hydrogen-bond acceptors (Lipinski definition) is 7. The normalized spacial score (nSPS) is 15.4. The Hall–Kier alpha value is -4.60. The molecule has 0 saturated heterocycles. The van der Waals surface area contributed by atoms with E-state index in [1.54, 1.807) is 36.6 Å². The van der Waals surface area contributed by atoms with Crippen LogP contribution in [0.3, 0.4) is 0 Å². The van der Waals surface area contributed by atoms with Crippen molar-refractivity contribution in [2.75, 3.05) is 0 Å². The second-order valence-corrected chi connectivity index (χ2v) is 7.97. The van der Waals surface area contributed by atoms with E-state index in [1.165, 1.54) is 9.81 Å². The smallest absolute Gasteiger partial charge is 0.267 e. The number of amides is 2. The van der Waals surface area contributed by atoms with Gasteiger partial charge in [-0.1, -0.05) is 42.0 Å². The van der Waals surface area contributed by atoms with Crippen LogP contribution in [-0.4, -0.2) is 42.7 Å². The van der Waals surface area contributed by atoms with Gasteiger partial charge in [0.05, 0.1) is 12.0 Å². The Labute approximate surface area is 194 Å². The molecule has 0 unspecified atom stereocenters. The van der Waals surface area contributed by atoms with Gasteiger partial charge in [-0.05, 0) is 42.0 Å². The number of nitrogens with zero attached hydrogens (tertiary/aromatic N) is 6. The molecule has 1 aliphatic heterocycles. The Morgan fingerprint density at radius 3 is 2.47 bits per heavy atom. The number of rotatable bonds is 6. The number of nitrogens with two attached hydrogens (primary N) is 1. The van der Waals surface area contributed by atoms with E-state index < -0.39 is 5.91 Å². The first-order valence-electron chi connectivity index (χ1n) is 10.7. The molecule has 10 heteroatoms. The maximum absolute atomic E-state index is 13.2. The Bertz CT molecular complexity index is 1360. The standard InChI is InChI=1S/C24H21N7O3/c1-15-4-6-16(7-5-15)19-13-20(21-3-2-12-34-21)31(27-19)22(32)14-30-28-24(26-29-30)18-10-8-17(9-11-18)23(25)33/h2-12,20H,13-14H2,1H3,(H2,25,33)/t20-/m1/s1. The van der Waals surface area contributed by atoms with Crippen LogP contribution in [0.2, 0.25) is 0 Å². The number of hydrogen-bond donors (Lipinski definition) is 1. The molecule has 1 aliphatic rings. The summed E-state index contributed by atoms with van der Waals surface area (Å²) in [7, 11) is 0. The highest BCUT2D eigenvalue weighted by atomic mass is 16.3. The van der Waals surface area contributed by atoms with Crippen LogP contribution in [0.4, 0.5) is 0 Å². The number of carbonyl (C=O) groups is 2. The van der Waals surface area contributed by atoms with Gasteiger partial charge >= 0.3 is 0 Å². The number of benzene rings is 2. The lowest BCUT2D eigenvalue weighted by atomic mass is 10.0. The summed E-state index contributed by atoms with van der Waals surface area (Å²) < 4.78 is 5.59. The average molecular weight is 455 g/mol. The number of furan rings is 1. The summed E-state index contributed by atoms with van der Waals surface area (Å²) in [6.07, 6.45) is 2.11. The number of tetrazole rings is 1. The molecular weight excluding hydrogens is 434 g/mol. The molecule has 2 amide bonds. The minimum absolute atomic E-state index is 0.145. The molecule has 170 valence electrons. The number of aryl methyl sites for hydroxylation is 1. The highest BCUT2D eigenvalue weighted by Crippen LogP contribution is 2.33. The molecule has 1 atom stereocenters. The summed E-state index contributed by atoms with van der Waals surface area (Å²) in [5.74, 6) is 0.172. The van der Waals surface area contributed by atoms with Crippen molar-refractivity contribution < 1.29 is 14.0 Å². The fourth-order valence-electron chi connectivity index (χ4n) is 3.77. The predicted octanol–water partition coefficient (Wildman–Crippen LogP) is 2.72. The molecule has 0 aliphatic carbocycles. The van der Waals surface area contributed by atoms with E-state index in [0.717, 1.165) is 16.8 Å². The SMILES string of the molecule is Cc1ccc(C2=NN(C(=O)Cn3nnc(-c4ccc(C(N)=O)cc4)n3)[C@@H](c3ccco3)C2)cc1. The average Bonchev–Trinajstić information content (AvgIpc) is 3.60. The molecule has 0 saturated carbocycles. The zero-order chi connectivity index (χ0) is 23.7. The first kappa shape index (κ1) is 21.3. The van der Waals surface area contributed by atoms with Crippen LogP contribution < -0.4 is 5.73 Å². The fraction of sp³-hybridized carbons (Fsp3) is 0.167. The van der Waals surface area contributed by atoms with Crippen LogP contribution in [0, 0.1) is 6.92 Å². The molecule has 2 N–H and O–H groups in total. The van der Waals surface area contributed by atoms with Gasteiger partial charge in [-0.15, -0.1) is 10.2 Å². The third kappa shape index (κ3) is 4.20. The highest BCUT2D eigenvalue weighted by molar-refractivity contribution is 6.03. The Kier molecular flexibility index (Phi) is 5.46. The van der Waals surface area contributed by atoms with Gasteiger partial charge < -0.3 is 10.2 Å². The van der Waals surface area contributed by atoms with Gasteiger partial charge in [-0.25, -0.2) is 5.01 Å². The number of hydrazone groups is 1. The topological polar surface area (TPSA) is 132 Å². The molecule has 0 spiro atoms. The lowest BCUT2D eigenvalue weighted by Gasteiger charge is -2.19. The maximum atomic E-state index is 13.2. The van der Waals surface area contributed by atoms with Crippen molar-refractivity contribution in [1.82, 2.24) is 25.2 Å². The largest absolute Gasteiger partial charge is 0.467 e. The van der Waals surface area contributed by atoms with E-state index >= 15 is 0 Å². The number of aromatic nitrogens is 4. The summed E-state index contributed by atoms with van der Waals surface area (Å²) in [5.41, 5.74) is 9.21. The molecule has 2 aromatic heterocycles. The monoisotopic (exact) mass is 455 g/mol. The summed E-state index contributed by atoms with van der Waals surface area (Å²) in [6, 6.07) is 17.8. The molecule has 34 heavy (non-hydrogen) atoms. The van der Waals surface area contributed by atoms with Gasteiger partial charge in [0, 0.05) is 17.5 Å². The van der Waals surface area contributed by atoms with Gasteiger partial charge in [-0.3, -0.25) is 9.59 Å². The first-order valence-corrected chi connectivity index (χ1v) is 10.7. The summed E-state index contributed by atoms with van der Waals surface area (Å²) in [5, 5.41) is 18.4. The van der Waals surface area contributed by atoms with Crippen molar-refractivity contribution in [2.24, 2.45) is 10.8 Å². The van der Waals surface area contributed by atoms with Crippen LogP contribution in [0.25, 0.3) is 11.4 Å². The number of carbonyl (C=O) groups excluding carboxylic acids is 2. The lowest BCUT2D eigenvalue weighted by Crippen LogP contribution is -2.31. The van der Waals surface area contributed by atoms with E-state index in [0.29, 0.717) is 29.1 Å². The Balaban J connectivity index is 1.37. The Morgan fingerprint density at radius 2 is 1.79 bits per heavy atom. The molecule has 0 bridgehead atoms. The summed E-state index contributed by atoms with van der Waals surface area (Å²) >= 11 is 0. The third-order valence-electron chi connectivity index (χ3n) is 5.58. The van der Waals surface area contributed by atoms with Crippen molar-refractivity contribution in [3.05, 3.63) is 89.4 Å². The van der Waals surface area contributed by atoms with E-state index in [-0.39, 0.29) is 18.5 Å². The second-order valence-electron chi connectivity index (χ2n) is 7.97. The lowest BCUT2D eigenvalue weighted by molar-refractivity contribution is -0.134. The molecule has 0 fully saturated rings. The second kappa shape index (κ2) is 8.74. The molecule has 0 radical (unpaired) electrons. The highest BCUT2D eigenvalue weighted by Gasteiger charge is 2.35. The third-order valence-corrected chi connectivity index (χ3v) is 5.58. The van der Waals surface area contributed by atoms with Gasteiger partial charge in [-0.2, -0.15) is 9.90 Å². The van der Waals surface area contributed by atoms with Crippen molar-refractivity contribution in [3.8, 4) is 11.4 Å². The van der Waals surface area contributed by atoms with Crippen molar-refractivity contribution >= 4 is 17.5 Å². The van der Waals surface area contributed by atoms with E-state index in [2.05, 4.69) is 20.5 Å². The first-order chi connectivity index (χ1) is 16.5. The maximum Gasteiger partial charge on any atom is 0.267 e. The molecular formula is C24H21N7O3. The zero-order valence-electron chi connectivity index (χ0n) is 18.3. The van der Waals surface area contributed by atoms with Gasteiger partial charge in [0.15, 0.2) is 0 Å². The van der Waals surface area contributed by atoms with Crippen LogP contribution in [0.1, 0.15) is 39.7 Å². The van der Waals surface area contributed by atoms with Crippen molar-refractivity contribution in [3.63, 3.8) is 0 Å². The van der Waals surface area contributed by atoms with Crippen molar-refractivity contribution in [1.29, 1.82) is 0 Å². The van der Waals surface area contributed by atoms with Gasteiger partial charge in [0.1, 0.15) is 18.3 Å². The summed E-state index contributed by atoms with van der Waals surface area (Å²) in [4.78, 5) is 25.7. The Morgan fingerprint density at radius 1 is 1.06 bits per heavy atom.